The van der Waals surface area contributed by atoms with E-state index < -0.39 is 0 Å². The molecule has 0 aromatic carbocycles. The fraction of sp³-hybridized carbons (Fsp3) is 0.375. The molecule has 0 aliphatic carbocycles. The van der Waals surface area contributed by atoms with Gasteiger partial charge in [-0.3, -0.25) is 4.99 Å². The second-order valence-electron chi connectivity index (χ2n) is 2.15. The number of allylic oxidation sites excluding steroid dienone is 1. The number of hydrogen-bond donors (Lipinski definition) is 0. The molecule has 1 heterocycles. The van der Waals surface area contributed by atoms with Crippen LogP contribution < -0.4 is 0 Å². The van der Waals surface area contributed by atoms with Gasteiger partial charge in [0.15, 0.2) is 0 Å². The Morgan fingerprint density at radius 3 is 3.11 bits per heavy atom. The summed E-state index contributed by atoms with van der Waals surface area (Å²) in [6, 6.07) is 0.376. The topological polar surface area (TPSA) is 12.4 Å². The molecular weight excluding hydrogens is 110 g/mol. The van der Waals surface area contributed by atoms with Gasteiger partial charge >= 0.3 is 0 Å². The van der Waals surface area contributed by atoms with Gasteiger partial charge in [-0.2, -0.15) is 0 Å². The molecule has 0 amide bonds. The molecule has 0 N–H and O–H groups in total. The molecule has 0 saturated carbocycles. The summed E-state index contributed by atoms with van der Waals surface area (Å²) in [6.45, 7) is 2.06. The summed E-state index contributed by atoms with van der Waals surface area (Å²) in [4.78, 5) is 4.19. The number of hydrogen-bond acceptors (Lipinski definition) is 1. The first-order valence-electron chi connectivity index (χ1n) is 3.04. The molecule has 0 aromatic rings. The Labute approximate surface area is 55.5 Å². The standard InChI is InChI=1S/C8H9N/c1-3-8-6-4-5-7(2)9-8/h1,4,6-7H,5H2,2H3. The van der Waals surface area contributed by atoms with Crippen molar-refractivity contribution in [2.24, 2.45) is 4.99 Å². The minimum Gasteiger partial charge on any atom is -0.273 e. The summed E-state index contributed by atoms with van der Waals surface area (Å²) in [5.74, 6) is 2.50. The van der Waals surface area contributed by atoms with E-state index in [2.05, 4.69) is 23.9 Å². The molecule has 0 fully saturated rings. The summed E-state index contributed by atoms with van der Waals surface area (Å²) in [7, 11) is 0. The van der Waals surface area contributed by atoms with Crippen molar-refractivity contribution in [3.8, 4) is 12.3 Å². The SMILES string of the molecule is C#CC1=NC(C)CC=C1. The molecule has 1 heteroatoms. The van der Waals surface area contributed by atoms with Crippen molar-refractivity contribution in [1.82, 2.24) is 0 Å². The van der Waals surface area contributed by atoms with Crippen LogP contribution in [0.15, 0.2) is 17.1 Å². The molecular formula is C8H9N. The maximum Gasteiger partial charge on any atom is 0.107 e. The minimum atomic E-state index is 0.376. The van der Waals surface area contributed by atoms with Gasteiger partial charge in [0.25, 0.3) is 0 Å². The molecule has 1 atom stereocenters. The Balaban J connectivity index is 2.74. The smallest absolute Gasteiger partial charge is 0.107 e. The Morgan fingerprint density at radius 1 is 1.89 bits per heavy atom. The number of aliphatic imine (C=N–C) groups is 1. The van der Waals surface area contributed by atoms with E-state index in [1.165, 1.54) is 0 Å². The van der Waals surface area contributed by atoms with Crippen molar-refractivity contribution in [2.45, 2.75) is 19.4 Å². The highest BCUT2D eigenvalue weighted by Gasteiger charge is 2.01. The van der Waals surface area contributed by atoms with E-state index in [0.29, 0.717) is 6.04 Å². The summed E-state index contributed by atoms with van der Waals surface area (Å²) < 4.78 is 0. The second kappa shape index (κ2) is 2.50. The van der Waals surface area contributed by atoms with Crippen LogP contribution in [0.5, 0.6) is 0 Å². The normalized spacial score (nSPS) is 24.9. The zero-order valence-electron chi connectivity index (χ0n) is 5.46. The van der Waals surface area contributed by atoms with Crippen molar-refractivity contribution in [1.29, 1.82) is 0 Å². The Kier molecular flexibility index (Phi) is 1.69. The van der Waals surface area contributed by atoms with Crippen molar-refractivity contribution in [3.63, 3.8) is 0 Å². The molecule has 0 radical (unpaired) electrons. The van der Waals surface area contributed by atoms with Gasteiger partial charge in [0.1, 0.15) is 5.71 Å². The number of terminal acetylenes is 1. The first-order valence-corrected chi connectivity index (χ1v) is 3.04. The van der Waals surface area contributed by atoms with E-state index in [9.17, 15) is 0 Å². The molecule has 0 saturated heterocycles. The molecule has 46 valence electrons. The van der Waals surface area contributed by atoms with E-state index in [-0.39, 0.29) is 0 Å². The maximum atomic E-state index is 5.13. The summed E-state index contributed by atoms with van der Waals surface area (Å²) in [5, 5.41) is 0. The lowest BCUT2D eigenvalue weighted by molar-refractivity contribution is 0.754. The van der Waals surface area contributed by atoms with Gasteiger partial charge < -0.3 is 0 Å². The first kappa shape index (κ1) is 6.10. The van der Waals surface area contributed by atoms with Gasteiger partial charge in [-0.25, -0.2) is 0 Å². The maximum absolute atomic E-state index is 5.13. The van der Waals surface area contributed by atoms with Crippen LogP contribution in [0.25, 0.3) is 0 Å². The van der Waals surface area contributed by atoms with E-state index in [0.717, 1.165) is 12.1 Å². The Hall–Kier alpha value is -1.03. The van der Waals surface area contributed by atoms with E-state index >= 15 is 0 Å². The molecule has 0 aromatic heterocycles. The zero-order valence-corrected chi connectivity index (χ0v) is 5.46. The number of dihydropyridines is 1. The van der Waals surface area contributed by atoms with Gasteiger partial charge in [-0.1, -0.05) is 12.0 Å². The lowest BCUT2D eigenvalue weighted by Crippen LogP contribution is -2.05. The van der Waals surface area contributed by atoms with Gasteiger partial charge in [0.05, 0.1) is 6.04 Å². The van der Waals surface area contributed by atoms with Crippen LogP contribution in [-0.2, 0) is 0 Å². The van der Waals surface area contributed by atoms with E-state index in [1.807, 2.05) is 6.08 Å². The van der Waals surface area contributed by atoms with Gasteiger partial charge in [-0.05, 0) is 19.4 Å². The van der Waals surface area contributed by atoms with Gasteiger partial charge in [-0.15, -0.1) is 6.42 Å². The first-order chi connectivity index (χ1) is 4.33. The quantitative estimate of drug-likeness (QED) is 0.427. The molecule has 1 aliphatic heterocycles. The molecule has 0 spiro atoms. The fourth-order valence-electron chi connectivity index (χ4n) is 0.795. The largest absolute Gasteiger partial charge is 0.273 e. The predicted octanol–water partition coefficient (Wildman–Crippen LogP) is 1.41. The van der Waals surface area contributed by atoms with Crippen molar-refractivity contribution < 1.29 is 0 Å². The molecule has 0 bridgehead atoms. The second-order valence-corrected chi connectivity index (χ2v) is 2.15. The molecule has 1 rings (SSSR count). The third-order valence-corrected chi connectivity index (χ3v) is 1.26. The third-order valence-electron chi connectivity index (χ3n) is 1.26. The fourth-order valence-corrected chi connectivity index (χ4v) is 0.795. The van der Waals surface area contributed by atoms with Crippen LogP contribution in [0, 0.1) is 12.3 Å². The Bertz CT molecular complexity index is 193. The molecule has 1 unspecified atom stereocenters. The zero-order chi connectivity index (χ0) is 6.69. The number of nitrogens with zero attached hydrogens (tertiary/aromatic N) is 1. The minimum absolute atomic E-state index is 0.376. The van der Waals surface area contributed by atoms with Gasteiger partial charge in [0.2, 0.25) is 0 Å². The van der Waals surface area contributed by atoms with Crippen LogP contribution in [0.4, 0.5) is 0 Å². The highest BCUT2D eigenvalue weighted by Crippen LogP contribution is 2.04. The van der Waals surface area contributed by atoms with Crippen molar-refractivity contribution in [3.05, 3.63) is 12.2 Å². The van der Waals surface area contributed by atoms with Crippen LogP contribution in [-0.4, -0.2) is 11.8 Å². The predicted molar refractivity (Wildman–Crippen MR) is 39.5 cm³/mol. The average Bonchev–Trinajstić information content (AvgIpc) is 1.88. The van der Waals surface area contributed by atoms with Crippen LogP contribution in [0.1, 0.15) is 13.3 Å². The van der Waals surface area contributed by atoms with Crippen LogP contribution >= 0.6 is 0 Å². The Morgan fingerprint density at radius 2 is 2.67 bits per heavy atom. The lowest BCUT2D eigenvalue weighted by atomic mass is 10.1. The van der Waals surface area contributed by atoms with Crippen LogP contribution in [0.2, 0.25) is 0 Å². The highest BCUT2D eigenvalue weighted by molar-refractivity contribution is 6.08. The van der Waals surface area contributed by atoms with Gasteiger partial charge in [0, 0.05) is 0 Å². The summed E-state index contributed by atoms with van der Waals surface area (Å²) in [5.41, 5.74) is 0.772. The monoisotopic (exact) mass is 119 g/mol. The molecule has 1 aliphatic rings. The van der Waals surface area contributed by atoms with Crippen molar-refractivity contribution >= 4 is 5.71 Å². The molecule has 9 heavy (non-hydrogen) atoms. The van der Waals surface area contributed by atoms with E-state index in [1.54, 1.807) is 0 Å². The number of rotatable bonds is 0. The summed E-state index contributed by atoms with van der Waals surface area (Å²) in [6.07, 6.45) is 10.1. The third kappa shape index (κ3) is 1.43. The van der Waals surface area contributed by atoms with E-state index in [4.69, 9.17) is 6.42 Å². The van der Waals surface area contributed by atoms with Crippen LogP contribution in [0.3, 0.4) is 0 Å². The average molecular weight is 119 g/mol. The lowest BCUT2D eigenvalue weighted by Gasteiger charge is -2.06. The highest BCUT2D eigenvalue weighted by atomic mass is 14.8. The summed E-state index contributed by atoms with van der Waals surface area (Å²) >= 11 is 0. The van der Waals surface area contributed by atoms with Crippen molar-refractivity contribution in [2.75, 3.05) is 0 Å². The molecule has 1 nitrogen and oxygen atoms in total.